The van der Waals surface area contributed by atoms with E-state index >= 15 is 0 Å². The van der Waals surface area contributed by atoms with Crippen molar-refractivity contribution in [2.24, 2.45) is 0 Å². The van der Waals surface area contributed by atoms with E-state index in [4.69, 9.17) is 10.0 Å². The summed E-state index contributed by atoms with van der Waals surface area (Å²) < 4.78 is 1.43. The summed E-state index contributed by atoms with van der Waals surface area (Å²) in [5.74, 6) is 0.535. The van der Waals surface area contributed by atoms with Gasteiger partial charge in [-0.05, 0) is 6.92 Å². The van der Waals surface area contributed by atoms with Gasteiger partial charge in [-0.2, -0.15) is 5.10 Å². The van der Waals surface area contributed by atoms with Crippen LogP contribution in [0.4, 0.5) is 0 Å². The van der Waals surface area contributed by atoms with E-state index in [0.29, 0.717) is 11.3 Å². The van der Waals surface area contributed by atoms with Gasteiger partial charge in [0, 0.05) is 17.9 Å². The highest BCUT2D eigenvalue weighted by atomic mass is 16.4. The molecule has 2 aromatic heterocycles. The Hall–Kier alpha value is -1.73. The van der Waals surface area contributed by atoms with E-state index in [9.17, 15) is 0 Å². The third kappa shape index (κ3) is 2.03. The van der Waals surface area contributed by atoms with Crippen LogP contribution in [0.1, 0.15) is 5.69 Å². The van der Waals surface area contributed by atoms with Crippen LogP contribution < -0.4 is 5.46 Å². The van der Waals surface area contributed by atoms with Crippen LogP contribution in [-0.4, -0.2) is 36.9 Å². The molecule has 0 saturated carbocycles. The zero-order valence-electron chi connectivity index (χ0n) is 8.07. The number of hydrogen-bond acceptors (Lipinski definition) is 5. The number of hydrogen-bond donors (Lipinski definition) is 2. The molecule has 0 amide bonds. The second-order valence-electron chi connectivity index (χ2n) is 3.11. The lowest BCUT2D eigenvalue weighted by molar-refractivity contribution is 0.426. The van der Waals surface area contributed by atoms with E-state index in [0.717, 1.165) is 5.69 Å². The van der Waals surface area contributed by atoms with Gasteiger partial charge in [0.1, 0.15) is 0 Å². The monoisotopic (exact) mass is 204 g/mol. The largest absolute Gasteiger partial charge is 0.491 e. The minimum Gasteiger partial charge on any atom is -0.423 e. The van der Waals surface area contributed by atoms with Gasteiger partial charge in [0.05, 0.1) is 18.1 Å². The Morgan fingerprint density at radius 2 is 2.00 bits per heavy atom. The summed E-state index contributed by atoms with van der Waals surface area (Å²) in [5, 5.41) is 21.7. The highest BCUT2D eigenvalue weighted by Crippen LogP contribution is 1.99. The minimum absolute atomic E-state index is 0.317. The second kappa shape index (κ2) is 3.80. The van der Waals surface area contributed by atoms with Crippen molar-refractivity contribution in [2.45, 2.75) is 6.92 Å². The average molecular weight is 204 g/mol. The molecule has 7 heteroatoms. The van der Waals surface area contributed by atoms with Gasteiger partial charge < -0.3 is 10.0 Å². The van der Waals surface area contributed by atoms with E-state index in [1.807, 2.05) is 6.92 Å². The number of aryl methyl sites for hydroxylation is 1. The fraction of sp³-hybridized carbons (Fsp3) is 0.125. The maximum atomic E-state index is 8.89. The average Bonchev–Trinajstić information content (AvgIpc) is 2.68. The molecule has 0 aliphatic heterocycles. The van der Waals surface area contributed by atoms with Gasteiger partial charge >= 0.3 is 7.12 Å². The first kappa shape index (κ1) is 9.82. The molecule has 0 bridgehead atoms. The number of aromatic nitrogens is 4. The summed E-state index contributed by atoms with van der Waals surface area (Å²) in [4.78, 5) is 8.16. The molecule has 6 nitrogen and oxygen atoms in total. The lowest BCUT2D eigenvalue weighted by Gasteiger charge is -1.98. The second-order valence-corrected chi connectivity index (χ2v) is 3.11. The van der Waals surface area contributed by atoms with Gasteiger partial charge in [-0.1, -0.05) is 0 Å². The van der Waals surface area contributed by atoms with Crippen LogP contribution >= 0.6 is 0 Å². The van der Waals surface area contributed by atoms with Crippen LogP contribution in [0.25, 0.3) is 5.82 Å². The SMILES string of the molecule is Cc1cnc(-n2cc(B(O)O)cn2)cn1. The van der Waals surface area contributed by atoms with E-state index in [1.165, 1.54) is 17.1 Å². The summed E-state index contributed by atoms with van der Waals surface area (Å²) in [7, 11) is -1.52. The molecule has 76 valence electrons. The van der Waals surface area contributed by atoms with Crippen LogP contribution in [0, 0.1) is 6.92 Å². The molecule has 2 heterocycles. The summed E-state index contributed by atoms with van der Waals surface area (Å²) in [6.45, 7) is 1.84. The minimum atomic E-state index is -1.52. The Kier molecular flexibility index (Phi) is 2.48. The van der Waals surface area contributed by atoms with Crippen molar-refractivity contribution in [1.82, 2.24) is 19.7 Å². The maximum absolute atomic E-state index is 8.89. The number of rotatable bonds is 2. The highest BCUT2D eigenvalue weighted by molar-refractivity contribution is 6.58. The molecule has 0 spiro atoms. The Morgan fingerprint density at radius 1 is 1.20 bits per heavy atom. The molecule has 15 heavy (non-hydrogen) atoms. The fourth-order valence-corrected chi connectivity index (χ4v) is 1.10. The van der Waals surface area contributed by atoms with Gasteiger partial charge in [0.2, 0.25) is 0 Å². The van der Waals surface area contributed by atoms with E-state index in [2.05, 4.69) is 15.1 Å². The maximum Gasteiger partial charge on any atom is 0.491 e. The van der Waals surface area contributed by atoms with Crippen molar-refractivity contribution in [2.75, 3.05) is 0 Å². The van der Waals surface area contributed by atoms with Crippen LogP contribution in [-0.2, 0) is 0 Å². The van der Waals surface area contributed by atoms with Crippen molar-refractivity contribution in [1.29, 1.82) is 0 Å². The smallest absolute Gasteiger partial charge is 0.423 e. The Balaban J connectivity index is 2.33. The van der Waals surface area contributed by atoms with Crippen LogP contribution in [0.5, 0.6) is 0 Å². The Morgan fingerprint density at radius 3 is 2.53 bits per heavy atom. The molecule has 0 aliphatic carbocycles. The van der Waals surface area contributed by atoms with Crippen LogP contribution in [0.2, 0.25) is 0 Å². The third-order valence-corrected chi connectivity index (χ3v) is 1.90. The zero-order valence-corrected chi connectivity index (χ0v) is 8.07. The first-order valence-corrected chi connectivity index (χ1v) is 4.36. The molecular weight excluding hydrogens is 195 g/mol. The van der Waals surface area contributed by atoms with E-state index in [1.54, 1.807) is 12.4 Å². The van der Waals surface area contributed by atoms with Gasteiger partial charge in [-0.25, -0.2) is 9.67 Å². The zero-order chi connectivity index (χ0) is 10.8. The lowest BCUT2D eigenvalue weighted by atomic mass is 9.83. The van der Waals surface area contributed by atoms with Crippen LogP contribution in [0.15, 0.2) is 24.8 Å². The Bertz CT molecular complexity index is 454. The van der Waals surface area contributed by atoms with Crippen molar-refractivity contribution in [3.8, 4) is 5.82 Å². The summed E-state index contributed by atoms with van der Waals surface area (Å²) in [5.41, 5.74) is 1.13. The normalized spacial score (nSPS) is 10.3. The Labute approximate surface area is 86.4 Å². The van der Waals surface area contributed by atoms with Gasteiger partial charge in [-0.15, -0.1) is 0 Å². The van der Waals surface area contributed by atoms with E-state index < -0.39 is 7.12 Å². The van der Waals surface area contributed by atoms with E-state index in [-0.39, 0.29) is 0 Å². The van der Waals surface area contributed by atoms with Crippen molar-refractivity contribution in [3.63, 3.8) is 0 Å². The standard InChI is InChI=1S/C8H9BN4O2/c1-6-2-11-8(4-10-6)13-5-7(3-12-13)9(14)15/h2-5,14-15H,1H3. The fourth-order valence-electron chi connectivity index (χ4n) is 1.10. The molecule has 2 rings (SSSR count). The number of nitrogens with zero attached hydrogens (tertiary/aromatic N) is 4. The molecule has 2 aromatic rings. The lowest BCUT2D eigenvalue weighted by Crippen LogP contribution is -2.28. The third-order valence-electron chi connectivity index (χ3n) is 1.90. The first-order chi connectivity index (χ1) is 7.16. The van der Waals surface area contributed by atoms with Crippen molar-refractivity contribution in [3.05, 3.63) is 30.5 Å². The molecule has 2 N–H and O–H groups in total. The molecular formula is C8H9BN4O2. The van der Waals surface area contributed by atoms with Crippen molar-refractivity contribution < 1.29 is 10.0 Å². The van der Waals surface area contributed by atoms with Crippen molar-refractivity contribution >= 4 is 12.6 Å². The molecule has 0 aliphatic rings. The first-order valence-electron chi connectivity index (χ1n) is 4.36. The van der Waals surface area contributed by atoms with Crippen LogP contribution in [0.3, 0.4) is 0 Å². The molecule has 0 radical (unpaired) electrons. The highest BCUT2D eigenvalue weighted by Gasteiger charge is 2.13. The molecule has 0 fully saturated rings. The van der Waals surface area contributed by atoms with Gasteiger partial charge in [-0.3, -0.25) is 4.98 Å². The predicted molar refractivity (Wildman–Crippen MR) is 53.7 cm³/mol. The van der Waals surface area contributed by atoms with Gasteiger partial charge in [0.15, 0.2) is 5.82 Å². The molecule has 0 atom stereocenters. The summed E-state index contributed by atoms with van der Waals surface area (Å²) in [6, 6.07) is 0. The molecule has 0 saturated heterocycles. The van der Waals surface area contributed by atoms with Gasteiger partial charge in [0.25, 0.3) is 0 Å². The quantitative estimate of drug-likeness (QED) is 0.591. The predicted octanol–water partition coefficient (Wildman–Crippen LogP) is -1.35. The molecule has 0 aromatic carbocycles. The molecule has 0 unspecified atom stereocenters. The summed E-state index contributed by atoms with van der Waals surface area (Å²) >= 11 is 0. The topological polar surface area (TPSA) is 84.1 Å². The summed E-state index contributed by atoms with van der Waals surface area (Å²) in [6.07, 6.45) is 6.04.